The van der Waals surface area contributed by atoms with E-state index in [2.05, 4.69) is 4.72 Å². The van der Waals surface area contributed by atoms with E-state index in [1.807, 2.05) is 12.1 Å². The Labute approximate surface area is 121 Å². The number of ether oxygens (including phenoxy) is 1. The van der Waals surface area contributed by atoms with Crippen LogP contribution < -0.4 is 10.5 Å². The van der Waals surface area contributed by atoms with Crippen LogP contribution in [0.4, 0.5) is 0 Å². The van der Waals surface area contributed by atoms with Crippen molar-refractivity contribution in [3.05, 3.63) is 29.8 Å². The second-order valence-corrected chi connectivity index (χ2v) is 6.40. The first-order valence-electron chi connectivity index (χ1n) is 6.88. The molecule has 5 nitrogen and oxygen atoms in total. The summed E-state index contributed by atoms with van der Waals surface area (Å²) in [5.74, 6) is 0. The summed E-state index contributed by atoms with van der Waals surface area (Å²) in [6.45, 7) is 1.72. The normalized spacial score (nSPS) is 11.7. The van der Waals surface area contributed by atoms with Gasteiger partial charge in [-0.3, -0.25) is 0 Å². The third kappa shape index (κ3) is 6.00. The molecule has 0 saturated heterocycles. The van der Waals surface area contributed by atoms with Gasteiger partial charge in [0, 0.05) is 20.3 Å². The van der Waals surface area contributed by atoms with E-state index >= 15 is 0 Å². The van der Waals surface area contributed by atoms with Crippen LogP contribution in [0.15, 0.2) is 29.2 Å². The second kappa shape index (κ2) is 9.07. The first-order valence-corrected chi connectivity index (χ1v) is 8.36. The molecule has 1 aromatic rings. The summed E-state index contributed by atoms with van der Waals surface area (Å²) < 4.78 is 31.6. The summed E-state index contributed by atoms with van der Waals surface area (Å²) in [5.41, 5.74) is 6.56. The molecule has 0 aromatic heterocycles. The fraction of sp³-hybridized carbons (Fsp3) is 0.571. The number of nitrogens with two attached hydrogens (primary N) is 1. The quantitative estimate of drug-likeness (QED) is 0.638. The van der Waals surface area contributed by atoms with E-state index in [4.69, 9.17) is 10.5 Å². The van der Waals surface area contributed by atoms with Crippen molar-refractivity contribution in [1.82, 2.24) is 4.72 Å². The number of aryl methyl sites for hydroxylation is 1. The second-order valence-electron chi connectivity index (χ2n) is 4.63. The Bertz CT molecular complexity index is 472. The summed E-state index contributed by atoms with van der Waals surface area (Å²) in [6.07, 6.45) is 3.39. The first-order chi connectivity index (χ1) is 9.60. The fourth-order valence-corrected chi connectivity index (χ4v) is 2.88. The van der Waals surface area contributed by atoms with Gasteiger partial charge in [-0.25, -0.2) is 13.1 Å². The number of hydrogen-bond donors (Lipinski definition) is 2. The Kier molecular flexibility index (Phi) is 7.76. The zero-order valence-corrected chi connectivity index (χ0v) is 12.8. The molecule has 1 rings (SSSR count). The minimum absolute atomic E-state index is 0.306. The maximum atomic E-state index is 12.0. The fourth-order valence-electron chi connectivity index (χ4n) is 1.80. The Hall–Kier alpha value is -0.950. The summed E-state index contributed by atoms with van der Waals surface area (Å²) >= 11 is 0. The lowest BCUT2D eigenvalue weighted by Crippen LogP contribution is -2.25. The van der Waals surface area contributed by atoms with Crippen LogP contribution in [0.5, 0.6) is 0 Å². The van der Waals surface area contributed by atoms with Gasteiger partial charge in [0.25, 0.3) is 0 Å². The lowest BCUT2D eigenvalue weighted by molar-refractivity contribution is 0.193. The van der Waals surface area contributed by atoms with Gasteiger partial charge >= 0.3 is 0 Å². The minimum Gasteiger partial charge on any atom is -0.385 e. The average molecular weight is 300 g/mol. The number of benzene rings is 1. The standard InChI is InChI=1S/C14H24N2O3S/c1-19-12-3-2-11-16-20(17,18)14-8-6-13(7-9-14)5-4-10-15/h6-9,16H,2-5,10-12,15H2,1H3. The van der Waals surface area contributed by atoms with Crippen molar-refractivity contribution >= 4 is 10.0 Å². The van der Waals surface area contributed by atoms with E-state index in [0.717, 1.165) is 31.2 Å². The molecule has 0 fully saturated rings. The van der Waals surface area contributed by atoms with Crippen molar-refractivity contribution in [2.75, 3.05) is 26.8 Å². The number of rotatable bonds is 10. The van der Waals surface area contributed by atoms with E-state index < -0.39 is 10.0 Å². The molecule has 0 aliphatic rings. The molecule has 20 heavy (non-hydrogen) atoms. The van der Waals surface area contributed by atoms with Crippen LogP contribution in [-0.4, -0.2) is 35.2 Å². The van der Waals surface area contributed by atoms with Crippen LogP contribution in [0.2, 0.25) is 0 Å². The van der Waals surface area contributed by atoms with E-state index in [9.17, 15) is 8.42 Å². The van der Waals surface area contributed by atoms with Gasteiger partial charge in [-0.1, -0.05) is 12.1 Å². The summed E-state index contributed by atoms with van der Waals surface area (Å²) in [7, 11) is -1.76. The molecule has 0 aliphatic heterocycles. The molecule has 0 radical (unpaired) electrons. The zero-order chi connectivity index (χ0) is 14.8. The Balaban J connectivity index is 2.50. The van der Waals surface area contributed by atoms with Gasteiger partial charge in [0.1, 0.15) is 0 Å². The highest BCUT2D eigenvalue weighted by Gasteiger charge is 2.12. The van der Waals surface area contributed by atoms with Crippen molar-refractivity contribution < 1.29 is 13.2 Å². The molecule has 6 heteroatoms. The number of sulfonamides is 1. The van der Waals surface area contributed by atoms with Crippen LogP contribution >= 0.6 is 0 Å². The summed E-state index contributed by atoms with van der Waals surface area (Å²) in [5, 5.41) is 0. The molecule has 0 heterocycles. The topological polar surface area (TPSA) is 81.4 Å². The van der Waals surface area contributed by atoms with Crippen molar-refractivity contribution in [2.24, 2.45) is 5.73 Å². The molecule has 0 bridgehead atoms. The maximum absolute atomic E-state index is 12.0. The van der Waals surface area contributed by atoms with Crippen molar-refractivity contribution in [1.29, 1.82) is 0 Å². The van der Waals surface area contributed by atoms with Gasteiger partial charge in [-0.2, -0.15) is 0 Å². The molecule has 0 spiro atoms. The Morgan fingerprint density at radius 3 is 2.45 bits per heavy atom. The smallest absolute Gasteiger partial charge is 0.240 e. The van der Waals surface area contributed by atoms with Gasteiger partial charge in [0.2, 0.25) is 10.0 Å². The van der Waals surface area contributed by atoms with Gasteiger partial charge < -0.3 is 10.5 Å². The van der Waals surface area contributed by atoms with Crippen molar-refractivity contribution in [3.63, 3.8) is 0 Å². The summed E-state index contributed by atoms with van der Waals surface area (Å²) in [4.78, 5) is 0.306. The molecular formula is C14H24N2O3S. The molecule has 114 valence electrons. The number of nitrogens with one attached hydrogen (secondary N) is 1. The molecule has 3 N–H and O–H groups in total. The van der Waals surface area contributed by atoms with E-state index in [0.29, 0.717) is 24.6 Å². The number of methoxy groups -OCH3 is 1. The zero-order valence-electron chi connectivity index (χ0n) is 12.0. The minimum atomic E-state index is -3.40. The van der Waals surface area contributed by atoms with Gasteiger partial charge in [-0.05, 0) is 49.9 Å². The van der Waals surface area contributed by atoms with Gasteiger partial charge in [-0.15, -0.1) is 0 Å². The highest BCUT2D eigenvalue weighted by molar-refractivity contribution is 7.89. The first kappa shape index (κ1) is 17.1. The SMILES string of the molecule is COCCCCNS(=O)(=O)c1ccc(CCCN)cc1. The molecule has 0 unspecified atom stereocenters. The summed E-state index contributed by atoms with van der Waals surface area (Å²) in [6, 6.07) is 6.97. The molecule has 0 saturated carbocycles. The third-order valence-corrected chi connectivity index (χ3v) is 4.45. The number of hydrogen-bond acceptors (Lipinski definition) is 4. The monoisotopic (exact) mass is 300 g/mol. The predicted molar refractivity (Wildman–Crippen MR) is 80.1 cm³/mol. The Morgan fingerprint density at radius 2 is 1.85 bits per heavy atom. The van der Waals surface area contributed by atoms with Crippen LogP contribution in [0.25, 0.3) is 0 Å². The van der Waals surface area contributed by atoms with Crippen molar-refractivity contribution in [3.8, 4) is 0 Å². The van der Waals surface area contributed by atoms with Crippen LogP contribution in [0.1, 0.15) is 24.8 Å². The van der Waals surface area contributed by atoms with Crippen LogP contribution in [0.3, 0.4) is 0 Å². The van der Waals surface area contributed by atoms with Gasteiger partial charge in [0.05, 0.1) is 4.90 Å². The molecular weight excluding hydrogens is 276 g/mol. The highest BCUT2D eigenvalue weighted by atomic mass is 32.2. The van der Waals surface area contributed by atoms with E-state index in [-0.39, 0.29) is 0 Å². The van der Waals surface area contributed by atoms with Crippen molar-refractivity contribution in [2.45, 2.75) is 30.6 Å². The molecule has 0 atom stereocenters. The van der Waals surface area contributed by atoms with Crippen LogP contribution in [0, 0.1) is 0 Å². The van der Waals surface area contributed by atoms with Gasteiger partial charge in [0.15, 0.2) is 0 Å². The van der Waals surface area contributed by atoms with E-state index in [1.54, 1.807) is 19.2 Å². The third-order valence-electron chi connectivity index (χ3n) is 2.97. The molecule has 0 amide bonds. The molecule has 1 aromatic carbocycles. The molecule has 0 aliphatic carbocycles. The maximum Gasteiger partial charge on any atom is 0.240 e. The largest absolute Gasteiger partial charge is 0.385 e. The van der Waals surface area contributed by atoms with Crippen LogP contribution in [-0.2, 0) is 21.2 Å². The number of unbranched alkanes of at least 4 members (excludes halogenated alkanes) is 1. The predicted octanol–water partition coefficient (Wildman–Crippen LogP) is 1.28. The Morgan fingerprint density at radius 1 is 1.15 bits per heavy atom. The highest BCUT2D eigenvalue weighted by Crippen LogP contribution is 2.11. The lowest BCUT2D eigenvalue weighted by atomic mass is 10.1. The lowest BCUT2D eigenvalue weighted by Gasteiger charge is -2.07. The van der Waals surface area contributed by atoms with E-state index in [1.165, 1.54) is 0 Å². The average Bonchev–Trinajstić information content (AvgIpc) is 2.45.